The second kappa shape index (κ2) is 14.2. The van der Waals surface area contributed by atoms with Gasteiger partial charge in [-0.25, -0.2) is 13.0 Å². The minimum Gasteiger partial charge on any atom is -0.495 e. The summed E-state index contributed by atoms with van der Waals surface area (Å²) in [6, 6.07) is 9.86. The standard InChI is InChI=1S/C32H38F4N4O3S2/c1-40-15-11-26(25(33)20-40)38-28-7-4-6-23-24(19-32(34,35)36)30(44-31(23)28)8-5-14-37-27-10-9-22(18-29(27)42-2)45(3,41)39-21-12-16-43-17-13-21/h4,6-7,9-10,18,21,25-26,37-38H,11-17,19-20H2,1-3H3/t25-,26-,45?/m0/s1. The average molecular weight is 667 g/mol. The molecule has 0 aliphatic carbocycles. The minimum absolute atomic E-state index is 0.0202. The van der Waals surface area contributed by atoms with Crippen molar-refractivity contribution in [2.45, 2.75) is 55.0 Å². The third kappa shape index (κ3) is 8.41. The third-order valence-electron chi connectivity index (χ3n) is 8.00. The summed E-state index contributed by atoms with van der Waals surface area (Å²) in [6.45, 7) is 2.38. The molecule has 2 aliphatic heterocycles. The summed E-state index contributed by atoms with van der Waals surface area (Å²) >= 11 is 1.18. The molecule has 2 N–H and O–H groups in total. The maximum Gasteiger partial charge on any atom is 0.393 e. The zero-order valence-corrected chi connectivity index (χ0v) is 27.1. The number of halogens is 4. The first kappa shape index (κ1) is 33.3. The molecule has 1 aromatic heterocycles. The SMILES string of the molecule is COc1cc(S(C)(=O)=NC2CCOCC2)ccc1NCC#Cc1sc2c(N[C@H]3CCN(C)C[C@@H]3F)cccc2c1CC(F)(F)F. The predicted octanol–water partition coefficient (Wildman–Crippen LogP) is 6.57. The molecule has 5 rings (SSSR count). The van der Waals surface area contributed by atoms with Crippen molar-refractivity contribution in [3.8, 4) is 17.6 Å². The molecule has 0 radical (unpaired) electrons. The quantitative estimate of drug-likeness (QED) is 0.210. The molecule has 13 heteroatoms. The second-order valence-electron chi connectivity index (χ2n) is 11.5. The van der Waals surface area contributed by atoms with Crippen LogP contribution in [0.3, 0.4) is 0 Å². The molecule has 0 bridgehead atoms. The zero-order chi connectivity index (χ0) is 32.2. The average Bonchev–Trinajstić information content (AvgIpc) is 3.33. The summed E-state index contributed by atoms with van der Waals surface area (Å²) < 4.78 is 85.3. The van der Waals surface area contributed by atoms with E-state index in [1.807, 2.05) is 11.9 Å². The van der Waals surface area contributed by atoms with E-state index in [1.165, 1.54) is 18.4 Å². The molecule has 1 unspecified atom stereocenters. The fourth-order valence-electron chi connectivity index (χ4n) is 5.63. The molecule has 2 aromatic carbocycles. The van der Waals surface area contributed by atoms with Crippen LogP contribution in [0.1, 0.15) is 29.7 Å². The number of methoxy groups -OCH3 is 1. The van der Waals surface area contributed by atoms with E-state index in [0.29, 0.717) is 63.2 Å². The number of alkyl halides is 4. The largest absolute Gasteiger partial charge is 0.495 e. The highest BCUT2D eigenvalue weighted by molar-refractivity contribution is 7.93. The summed E-state index contributed by atoms with van der Waals surface area (Å²) in [7, 11) is 0.716. The monoisotopic (exact) mass is 666 g/mol. The fraction of sp³-hybridized carbons (Fsp3) is 0.500. The van der Waals surface area contributed by atoms with Crippen molar-refractivity contribution in [3.63, 3.8) is 0 Å². The van der Waals surface area contributed by atoms with Crippen molar-refractivity contribution >= 4 is 42.5 Å². The second-order valence-corrected chi connectivity index (χ2v) is 14.8. The Kier molecular flexibility index (Phi) is 10.5. The first-order valence-corrected chi connectivity index (χ1v) is 17.6. The van der Waals surface area contributed by atoms with E-state index < -0.39 is 34.5 Å². The predicted molar refractivity (Wildman–Crippen MR) is 173 cm³/mol. The maximum absolute atomic E-state index is 14.8. The van der Waals surface area contributed by atoms with Crippen LogP contribution in [0.4, 0.5) is 28.9 Å². The number of anilines is 2. The van der Waals surface area contributed by atoms with Crippen LogP contribution < -0.4 is 15.4 Å². The van der Waals surface area contributed by atoms with E-state index in [9.17, 15) is 21.8 Å². The lowest BCUT2D eigenvalue weighted by Crippen LogP contribution is -2.46. The van der Waals surface area contributed by atoms with Crippen LogP contribution in [0.5, 0.6) is 5.75 Å². The number of nitrogens with one attached hydrogen (secondary N) is 2. The Morgan fingerprint density at radius 3 is 2.67 bits per heavy atom. The Labute approximate surface area is 265 Å². The number of fused-ring (bicyclic) bond motifs is 1. The van der Waals surface area contributed by atoms with Gasteiger partial charge in [0.25, 0.3) is 0 Å². The van der Waals surface area contributed by atoms with Gasteiger partial charge in [-0.05, 0) is 61.5 Å². The van der Waals surface area contributed by atoms with Crippen molar-refractivity contribution in [2.75, 3.05) is 63.9 Å². The van der Waals surface area contributed by atoms with Crippen LogP contribution >= 0.6 is 11.3 Å². The van der Waals surface area contributed by atoms with Crippen molar-refractivity contribution in [1.82, 2.24) is 4.90 Å². The van der Waals surface area contributed by atoms with Gasteiger partial charge in [0, 0.05) is 32.6 Å². The third-order valence-corrected chi connectivity index (χ3v) is 11.0. The summed E-state index contributed by atoms with van der Waals surface area (Å²) in [5.41, 5.74) is 1.34. The van der Waals surface area contributed by atoms with Gasteiger partial charge in [-0.2, -0.15) is 13.2 Å². The Hall–Kier alpha value is -3.05. The summed E-state index contributed by atoms with van der Waals surface area (Å²) in [5.74, 6) is 6.36. The lowest BCUT2D eigenvalue weighted by atomic mass is 10.0. The van der Waals surface area contributed by atoms with Crippen LogP contribution in [0.25, 0.3) is 10.1 Å². The number of piperidine rings is 1. The van der Waals surface area contributed by atoms with Crippen LogP contribution in [0, 0.1) is 11.8 Å². The summed E-state index contributed by atoms with van der Waals surface area (Å²) in [6.07, 6.45) is -2.94. The highest BCUT2D eigenvalue weighted by atomic mass is 32.2. The molecule has 45 heavy (non-hydrogen) atoms. The van der Waals surface area contributed by atoms with Gasteiger partial charge in [-0.3, -0.25) is 0 Å². The van der Waals surface area contributed by atoms with Gasteiger partial charge >= 0.3 is 6.18 Å². The minimum atomic E-state index is -4.42. The van der Waals surface area contributed by atoms with Crippen LogP contribution in [-0.2, 0) is 20.9 Å². The molecule has 7 nitrogen and oxygen atoms in total. The van der Waals surface area contributed by atoms with Crippen molar-refractivity contribution in [1.29, 1.82) is 0 Å². The number of ether oxygens (including phenoxy) is 2. The van der Waals surface area contributed by atoms with Gasteiger partial charge in [0.15, 0.2) is 0 Å². The van der Waals surface area contributed by atoms with Crippen molar-refractivity contribution in [2.24, 2.45) is 4.36 Å². The number of thiophene rings is 1. The van der Waals surface area contributed by atoms with Crippen LogP contribution in [0.15, 0.2) is 45.7 Å². The fourth-order valence-corrected chi connectivity index (χ4v) is 8.35. The topological polar surface area (TPSA) is 75.2 Å². The van der Waals surface area contributed by atoms with Gasteiger partial charge in [0.05, 0.1) is 67.7 Å². The number of rotatable bonds is 8. The van der Waals surface area contributed by atoms with Gasteiger partial charge < -0.3 is 25.0 Å². The van der Waals surface area contributed by atoms with E-state index >= 15 is 0 Å². The molecule has 0 spiro atoms. The summed E-state index contributed by atoms with van der Waals surface area (Å²) in [4.78, 5) is 2.79. The first-order valence-electron chi connectivity index (χ1n) is 14.8. The molecular weight excluding hydrogens is 629 g/mol. The van der Waals surface area contributed by atoms with E-state index in [4.69, 9.17) is 9.47 Å². The molecule has 0 saturated carbocycles. The molecular formula is C32H38F4N4O3S2. The number of hydrogen-bond donors (Lipinski definition) is 2. The molecule has 3 aromatic rings. The summed E-state index contributed by atoms with van der Waals surface area (Å²) in [5, 5.41) is 6.88. The molecule has 2 fully saturated rings. The first-order chi connectivity index (χ1) is 21.4. The molecule has 0 amide bonds. The molecule has 2 saturated heterocycles. The number of likely N-dealkylation sites (tertiary alicyclic amines) is 1. The number of nitrogens with zero attached hydrogens (tertiary/aromatic N) is 2. The van der Waals surface area contributed by atoms with E-state index in [1.54, 1.807) is 42.7 Å². The molecule has 2 aliphatic rings. The zero-order valence-electron chi connectivity index (χ0n) is 25.5. The highest BCUT2D eigenvalue weighted by Crippen LogP contribution is 2.39. The van der Waals surface area contributed by atoms with Gasteiger partial charge in [0.2, 0.25) is 0 Å². The lowest BCUT2D eigenvalue weighted by molar-refractivity contribution is -0.126. The van der Waals surface area contributed by atoms with E-state index in [0.717, 1.165) is 19.4 Å². The Morgan fingerprint density at radius 2 is 1.96 bits per heavy atom. The van der Waals surface area contributed by atoms with E-state index in [-0.39, 0.29) is 18.2 Å². The van der Waals surface area contributed by atoms with Crippen LogP contribution in [0.2, 0.25) is 0 Å². The normalized spacial score (nSPS) is 21.0. The van der Waals surface area contributed by atoms with Gasteiger partial charge in [-0.15, -0.1) is 11.3 Å². The van der Waals surface area contributed by atoms with Crippen LogP contribution in [-0.4, -0.2) is 86.8 Å². The molecule has 244 valence electrons. The smallest absolute Gasteiger partial charge is 0.393 e. The molecule has 3 atom stereocenters. The lowest BCUT2D eigenvalue weighted by Gasteiger charge is -2.33. The maximum atomic E-state index is 14.8. The Morgan fingerprint density at radius 1 is 1.18 bits per heavy atom. The van der Waals surface area contributed by atoms with Gasteiger partial charge in [-0.1, -0.05) is 24.0 Å². The highest BCUT2D eigenvalue weighted by Gasteiger charge is 2.32. The molecule has 3 heterocycles. The number of hydrogen-bond acceptors (Lipinski definition) is 8. The number of benzene rings is 2. The van der Waals surface area contributed by atoms with Crippen molar-refractivity contribution in [3.05, 3.63) is 46.8 Å². The Bertz CT molecular complexity index is 1680. The Balaban J connectivity index is 1.36. The van der Waals surface area contributed by atoms with E-state index in [2.05, 4.69) is 26.8 Å². The van der Waals surface area contributed by atoms with Gasteiger partial charge in [0.1, 0.15) is 11.9 Å². The van der Waals surface area contributed by atoms with Crippen molar-refractivity contribution < 1.29 is 31.2 Å².